The van der Waals surface area contributed by atoms with Crippen molar-refractivity contribution in [2.24, 2.45) is 0 Å². The van der Waals surface area contributed by atoms with Gasteiger partial charge in [-0.1, -0.05) is 176 Å². The van der Waals surface area contributed by atoms with Crippen molar-refractivity contribution in [1.82, 2.24) is 4.57 Å². The number of hydrogen-bond donors (Lipinski definition) is 0. The minimum Gasteiger partial charge on any atom is -0.310 e. The Morgan fingerprint density at radius 1 is 0.387 bits per heavy atom. The molecule has 0 aliphatic heterocycles. The number of aromatic nitrogens is 1. The molecule has 1 aliphatic rings. The molecular weight excluding hydrogens is 749 g/mol. The lowest BCUT2D eigenvalue weighted by Crippen LogP contribution is -2.11. The van der Waals surface area contributed by atoms with Crippen molar-refractivity contribution >= 4 is 66.5 Å². The molecule has 0 spiro atoms. The summed E-state index contributed by atoms with van der Waals surface area (Å²) < 4.78 is 2.44. The normalized spacial score (nSPS) is 12.3. The monoisotopic (exact) mass is 790 g/mol. The number of anilines is 3. The van der Waals surface area contributed by atoms with Crippen LogP contribution in [0.3, 0.4) is 0 Å². The molecule has 0 N–H and O–H groups in total. The van der Waals surface area contributed by atoms with E-state index in [0.29, 0.717) is 0 Å². The summed E-state index contributed by atoms with van der Waals surface area (Å²) in [4.78, 5) is 2.44. The zero-order chi connectivity index (χ0) is 41.0. The molecule has 2 nitrogen and oxygen atoms in total. The number of allylic oxidation sites excluding steroid dienone is 1. The quantitative estimate of drug-likeness (QED) is 0.156. The topological polar surface area (TPSA) is 8.17 Å². The summed E-state index contributed by atoms with van der Waals surface area (Å²) in [5.41, 5.74) is 16.9. The van der Waals surface area contributed by atoms with E-state index in [-0.39, 0.29) is 0 Å². The van der Waals surface area contributed by atoms with E-state index in [1.54, 1.807) is 0 Å². The first-order valence-electron chi connectivity index (χ1n) is 21.7. The highest BCUT2D eigenvalue weighted by molar-refractivity contribution is 6.10. The largest absolute Gasteiger partial charge is 0.310 e. The van der Waals surface area contributed by atoms with Crippen molar-refractivity contribution in [3.8, 4) is 39.1 Å². The molecule has 0 saturated heterocycles. The lowest BCUT2D eigenvalue weighted by atomic mass is 9.86. The van der Waals surface area contributed by atoms with Crippen LogP contribution >= 0.6 is 0 Å². The van der Waals surface area contributed by atoms with E-state index in [2.05, 4.69) is 240 Å². The van der Waals surface area contributed by atoms with E-state index in [9.17, 15) is 0 Å². The summed E-state index contributed by atoms with van der Waals surface area (Å²) in [6.45, 7) is 0. The number of benzene rings is 10. The van der Waals surface area contributed by atoms with Crippen LogP contribution in [0.15, 0.2) is 224 Å². The molecule has 0 saturated carbocycles. The SMILES string of the molecule is C1=Cc2c(-c3ccc(N(c4ccc(-c5ccccc5-n5c6ccccc6c6ccccc65)c(-c5ccccc5)c4)c4cccc5ccccc45)cc3)cc3ccccc3c2CC1. The lowest BCUT2D eigenvalue weighted by Gasteiger charge is -2.28. The Balaban J connectivity index is 1.06. The zero-order valence-electron chi connectivity index (χ0n) is 34.2. The fourth-order valence-corrected chi connectivity index (χ4v) is 10.0. The van der Waals surface area contributed by atoms with Crippen LogP contribution in [-0.2, 0) is 6.42 Å². The van der Waals surface area contributed by atoms with Crippen molar-refractivity contribution in [3.05, 3.63) is 236 Å². The predicted molar refractivity (Wildman–Crippen MR) is 264 cm³/mol. The molecule has 1 aromatic heterocycles. The number of aryl methyl sites for hydroxylation is 1. The van der Waals surface area contributed by atoms with Crippen molar-refractivity contribution in [2.45, 2.75) is 12.8 Å². The number of para-hydroxylation sites is 3. The third-order valence-corrected chi connectivity index (χ3v) is 12.9. The highest BCUT2D eigenvalue weighted by Gasteiger charge is 2.22. The van der Waals surface area contributed by atoms with E-state index in [1.807, 2.05) is 0 Å². The fraction of sp³-hybridized carbons (Fsp3) is 0.0333. The maximum atomic E-state index is 2.44. The number of rotatable bonds is 7. The van der Waals surface area contributed by atoms with Gasteiger partial charge in [0.15, 0.2) is 0 Å². The number of fused-ring (bicyclic) bond motifs is 7. The Hall–Kier alpha value is -7.94. The zero-order valence-corrected chi connectivity index (χ0v) is 34.2. The Labute approximate surface area is 361 Å². The Morgan fingerprint density at radius 2 is 1.00 bits per heavy atom. The van der Waals surface area contributed by atoms with Gasteiger partial charge in [0.2, 0.25) is 0 Å². The second kappa shape index (κ2) is 15.0. The van der Waals surface area contributed by atoms with Crippen LogP contribution in [-0.4, -0.2) is 4.57 Å². The predicted octanol–water partition coefficient (Wildman–Crippen LogP) is 16.5. The van der Waals surface area contributed by atoms with E-state index in [4.69, 9.17) is 0 Å². The van der Waals surface area contributed by atoms with Gasteiger partial charge >= 0.3 is 0 Å². The van der Waals surface area contributed by atoms with Crippen LogP contribution in [0.5, 0.6) is 0 Å². The first kappa shape index (κ1) is 36.0. The third-order valence-electron chi connectivity index (χ3n) is 12.9. The van der Waals surface area contributed by atoms with E-state index in [1.165, 1.54) is 87.9 Å². The maximum Gasteiger partial charge on any atom is 0.0541 e. The van der Waals surface area contributed by atoms with Crippen molar-refractivity contribution in [1.29, 1.82) is 0 Å². The van der Waals surface area contributed by atoms with E-state index in [0.717, 1.165) is 35.6 Å². The molecule has 292 valence electrons. The van der Waals surface area contributed by atoms with Crippen LogP contribution in [0, 0.1) is 0 Å². The summed E-state index contributed by atoms with van der Waals surface area (Å²) in [5, 5.41) is 7.59. The third kappa shape index (κ3) is 5.95. The molecule has 0 amide bonds. The minimum atomic E-state index is 1.07. The van der Waals surface area contributed by atoms with Gasteiger partial charge in [0.05, 0.1) is 22.4 Å². The molecule has 12 rings (SSSR count). The first-order chi connectivity index (χ1) is 30.8. The second-order valence-corrected chi connectivity index (χ2v) is 16.3. The summed E-state index contributed by atoms with van der Waals surface area (Å²) in [6.07, 6.45) is 6.81. The van der Waals surface area contributed by atoms with Gasteiger partial charge in [-0.3, -0.25) is 0 Å². The Kier molecular flexibility index (Phi) is 8.67. The highest BCUT2D eigenvalue weighted by atomic mass is 15.1. The molecule has 0 radical (unpaired) electrons. The van der Waals surface area contributed by atoms with Crippen molar-refractivity contribution in [2.75, 3.05) is 4.90 Å². The van der Waals surface area contributed by atoms with Gasteiger partial charge in [0.25, 0.3) is 0 Å². The van der Waals surface area contributed by atoms with Gasteiger partial charge < -0.3 is 9.47 Å². The fourth-order valence-electron chi connectivity index (χ4n) is 10.0. The first-order valence-corrected chi connectivity index (χ1v) is 21.7. The van der Waals surface area contributed by atoms with Crippen molar-refractivity contribution in [3.63, 3.8) is 0 Å². The summed E-state index contributed by atoms with van der Waals surface area (Å²) in [6, 6.07) is 80.2. The van der Waals surface area contributed by atoms with Crippen LogP contribution in [0.2, 0.25) is 0 Å². The van der Waals surface area contributed by atoms with Gasteiger partial charge in [0, 0.05) is 33.1 Å². The summed E-state index contributed by atoms with van der Waals surface area (Å²) >= 11 is 0. The smallest absolute Gasteiger partial charge is 0.0541 e. The van der Waals surface area contributed by atoms with E-state index >= 15 is 0 Å². The molecule has 0 bridgehead atoms. The molecule has 0 atom stereocenters. The van der Waals surface area contributed by atoms with E-state index < -0.39 is 0 Å². The average molecular weight is 791 g/mol. The average Bonchev–Trinajstić information content (AvgIpc) is 3.68. The van der Waals surface area contributed by atoms with Crippen LogP contribution in [0.1, 0.15) is 17.5 Å². The summed E-state index contributed by atoms with van der Waals surface area (Å²) in [5.74, 6) is 0. The molecular formula is C60H42N2. The molecule has 10 aromatic carbocycles. The Morgan fingerprint density at radius 3 is 1.79 bits per heavy atom. The van der Waals surface area contributed by atoms with Gasteiger partial charge in [-0.15, -0.1) is 0 Å². The maximum absolute atomic E-state index is 2.44. The summed E-state index contributed by atoms with van der Waals surface area (Å²) in [7, 11) is 0. The van der Waals surface area contributed by atoms with Gasteiger partial charge in [-0.2, -0.15) is 0 Å². The molecule has 2 heteroatoms. The van der Waals surface area contributed by atoms with Gasteiger partial charge in [0.1, 0.15) is 0 Å². The Bertz CT molecular complexity index is 3460. The standard InChI is InChI=1S/C60H42N2/c1-2-17-42(18-3-1)56-40-46(37-38-51(56)52-26-10-13-29-58(52)62-59-30-14-11-27-53(59)54-28-12-15-31-60(54)62)61(57-32-16-21-41-19-4-7-23-48(41)57)45-35-33-43(34-36-45)55-39-44-20-5-6-22-47(44)49-24-8-9-25-50(49)55/h1-7,9-23,25-40H,8,24H2. The highest BCUT2D eigenvalue weighted by Crippen LogP contribution is 2.46. The molecule has 62 heavy (non-hydrogen) atoms. The second-order valence-electron chi connectivity index (χ2n) is 16.3. The van der Waals surface area contributed by atoms with Gasteiger partial charge in [-0.25, -0.2) is 0 Å². The minimum absolute atomic E-state index is 1.07. The van der Waals surface area contributed by atoms with Crippen molar-refractivity contribution < 1.29 is 0 Å². The molecule has 1 heterocycles. The number of hydrogen-bond acceptors (Lipinski definition) is 1. The van der Waals surface area contributed by atoms with Crippen LogP contribution in [0.4, 0.5) is 17.1 Å². The van der Waals surface area contributed by atoms with Crippen LogP contribution < -0.4 is 4.90 Å². The molecule has 0 unspecified atom stereocenters. The molecule has 0 fully saturated rings. The molecule has 1 aliphatic carbocycles. The lowest BCUT2D eigenvalue weighted by molar-refractivity contribution is 0.998. The van der Waals surface area contributed by atoms with Gasteiger partial charge in [-0.05, 0) is 123 Å². The molecule has 11 aromatic rings. The van der Waals surface area contributed by atoms with Crippen LogP contribution in [0.25, 0.3) is 88.5 Å². The number of nitrogens with zero attached hydrogens (tertiary/aromatic N) is 2.